The smallest absolute Gasteiger partial charge is 0.195 e. The van der Waals surface area contributed by atoms with E-state index in [0.717, 1.165) is 48.5 Å². The van der Waals surface area contributed by atoms with Crippen LogP contribution in [-0.4, -0.2) is 43.5 Å². The van der Waals surface area contributed by atoms with E-state index >= 15 is 0 Å². The number of thioether (sulfide) groups is 1. The Morgan fingerprint density at radius 2 is 1.68 bits per heavy atom. The fourth-order valence-corrected chi connectivity index (χ4v) is 4.43. The molecule has 0 spiro atoms. The largest absolute Gasteiger partial charge is 0.296 e. The fraction of sp³-hybridized carbons (Fsp3) is 0.381. The number of rotatable bonds is 7. The van der Waals surface area contributed by atoms with Crippen LogP contribution in [0.15, 0.2) is 53.9 Å². The van der Waals surface area contributed by atoms with E-state index < -0.39 is 0 Å². The summed E-state index contributed by atoms with van der Waals surface area (Å²) in [6.45, 7) is 2.97. The van der Waals surface area contributed by atoms with Gasteiger partial charge in [0.25, 0.3) is 0 Å². The number of pyridine rings is 1. The lowest BCUT2D eigenvalue weighted by Gasteiger charge is -2.26. The van der Waals surface area contributed by atoms with Crippen LogP contribution in [0.3, 0.4) is 0 Å². The van der Waals surface area contributed by atoms with Crippen LogP contribution in [-0.2, 0) is 13.0 Å². The third-order valence-corrected chi connectivity index (χ3v) is 5.90. The fourth-order valence-electron chi connectivity index (χ4n) is 3.47. The van der Waals surface area contributed by atoms with E-state index in [2.05, 4.69) is 24.6 Å². The topological polar surface area (TPSA) is 46.8 Å². The van der Waals surface area contributed by atoms with Crippen LogP contribution in [0.4, 0.5) is 4.39 Å². The summed E-state index contributed by atoms with van der Waals surface area (Å²) in [4.78, 5) is 6.49. The van der Waals surface area contributed by atoms with E-state index in [1.165, 1.54) is 37.0 Å². The highest BCUT2D eigenvalue weighted by Crippen LogP contribution is 2.24. The van der Waals surface area contributed by atoms with Gasteiger partial charge in [-0.15, -0.1) is 10.2 Å². The number of hydrogen-bond donors (Lipinski definition) is 0. The number of aromatic nitrogens is 4. The number of halogens is 1. The van der Waals surface area contributed by atoms with Gasteiger partial charge in [0.1, 0.15) is 5.82 Å². The molecule has 1 aliphatic rings. The monoisotopic (exact) mass is 397 g/mol. The van der Waals surface area contributed by atoms with Crippen molar-refractivity contribution in [2.45, 2.75) is 37.4 Å². The van der Waals surface area contributed by atoms with Gasteiger partial charge in [0.15, 0.2) is 11.0 Å². The molecule has 28 heavy (non-hydrogen) atoms. The summed E-state index contributed by atoms with van der Waals surface area (Å²) in [6, 6.07) is 10.6. The van der Waals surface area contributed by atoms with Crippen LogP contribution in [0.1, 0.15) is 30.7 Å². The van der Waals surface area contributed by atoms with Gasteiger partial charge >= 0.3 is 0 Å². The molecule has 146 valence electrons. The SMILES string of the molecule is Fc1ccc(-n2c(CN3CCCCC3)nnc2SCCc2ccncc2)cc1. The van der Waals surface area contributed by atoms with Gasteiger partial charge in [-0.1, -0.05) is 18.2 Å². The Hall–Kier alpha value is -2.25. The standard InChI is InChI=1S/C21H24FN5S/c22-18-4-6-19(7-5-18)27-20(16-26-13-2-1-3-14-26)24-25-21(27)28-15-10-17-8-11-23-12-9-17/h4-9,11-12H,1-3,10,13-16H2. The first-order valence-corrected chi connectivity index (χ1v) is 10.7. The van der Waals surface area contributed by atoms with E-state index in [0.29, 0.717) is 0 Å². The van der Waals surface area contributed by atoms with Gasteiger partial charge in [0, 0.05) is 23.8 Å². The van der Waals surface area contributed by atoms with E-state index in [-0.39, 0.29) is 5.82 Å². The van der Waals surface area contributed by atoms with Gasteiger partial charge in [-0.2, -0.15) is 0 Å². The second-order valence-corrected chi connectivity index (χ2v) is 8.06. The minimum Gasteiger partial charge on any atom is -0.296 e. The van der Waals surface area contributed by atoms with Crippen LogP contribution in [0.5, 0.6) is 0 Å². The molecule has 2 aromatic heterocycles. The number of likely N-dealkylation sites (tertiary alicyclic amines) is 1. The molecular formula is C21H24FN5S. The van der Waals surface area contributed by atoms with Crippen molar-refractivity contribution in [1.29, 1.82) is 0 Å². The van der Waals surface area contributed by atoms with Crippen molar-refractivity contribution in [2.75, 3.05) is 18.8 Å². The lowest BCUT2D eigenvalue weighted by molar-refractivity contribution is 0.214. The molecule has 0 saturated carbocycles. The molecule has 3 heterocycles. The van der Waals surface area contributed by atoms with Crippen molar-refractivity contribution in [1.82, 2.24) is 24.6 Å². The summed E-state index contributed by atoms with van der Waals surface area (Å²) in [6.07, 6.45) is 8.34. The Morgan fingerprint density at radius 3 is 2.43 bits per heavy atom. The summed E-state index contributed by atoms with van der Waals surface area (Å²) in [5.41, 5.74) is 2.16. The van der Waals surface area contributed by atoms with Crippen molar-refractivity contribution < 1.29 is 4.39 Å². The molecule has 0 N–H and O–H groups in total. The molecule has 1 aromatic carbocycles. The second-order valence-electron chi connectivity index (χ2n) is 7.00. The molecule has 4 rings (SSSR count). The maximum Gasteiger partial charge on any atom is 0.195 e. The Bertz CT molecular complexity index is 876. The number of hydrogen-bond acceptors (Lipinski definition) is 5. The molecule has 0 atom stereocenters. The van der Waals surface area contributed by atoms with Crippen molar-refractivity contribution in [3.05, 3.63) is 66.0 Å². The lowest BCUT2D eigenvalue weighted by Crippen LogP contribution is -2.30. The van der Waals surface area contributed by atoms with Gasteiger partial charge in [0.05, 0.1) is 6.54 Å². The predicted octanol–water partition coefficient (Wildman–Crippen LogP) is 4.12. The van der Waals surface area contributed by atoms with Crippen molar-refractivity contribution in [3.63, 3.8) is 0 Å². The molecule has 1 aliphatic heterocycles. The zero-order valence-electron chi connectivity index (χ0n) is 15.8. The minimum atomic E-state index is -0.235. The Labute approximate surface area is 169 Å². The second kappa shape index (κ2) is 9.30. The molecular weight excluding hydrogens is 373 g/mol. The molecule has 0 unspecified atom stereocenters. The number of benzene rings is 1. The third kappa shape index (κ3) is 4.77. The highest BCUT2D eigenvalue weighted by Gasteiger charge is 2.18. The summed E-state index contributed by atoms with van der Waals surface area (Å²) in [7, 11) is 0. The van der Waals surface area contributed by atoms with E-state index in [1.807, 2.05) is 24.5 Å². The zero-order valence-corrected chi connectivity index (χ0v) is 16.6. The van der Waals surface area contributed by atoms with Gasteiger partial charge in [-0.3, -0.25) is 14.5 Å². The zero-order chi connectivity index (χ0) is 19.2. The quantitative estimate of drug-likeness (QED) is 0.561. The summed E-state index contributed by atoms with van der Waals surface area (Å²) < 4.78 is 15.5. The van der Waals surface area contributed by atoms with Crippen LogP contribution in [0.25, 0.3) is 5.69 Å². The molecule has 0 radical (unpaired) electrons. The van der Waals surface area contributed by atoms with Crippen LogP contribution in [0, 0.1) is 5.82 Å². The first-order valence-electron chi connectivity index (χ1n) is 9.74. The van der Waals surface area contributed by atoms with Gasteiger partial charge in [-0.05, 0) is 74.3 Å². The summed E-state index contributed by atoms with van der Waals surface area (Å²) in [5.74, 6) is 1.58. The first-order chi connectivity index (χ1) is 13.8. The van der Waals surface area contributed by atoms with Gasteiger partial charge in [-0.25, -0.2) is 4.39 Å². The van der Waals surface area contributed by atoms with Crippen LogP contribution in [0.2, 0.25) is 0 Å². The van der Waals surface area contributed by atoms with E-state index in [4.69, 9.17) is 0 Å². The maximum absolute atomic E-state index is 13.4. The predicted molar refractivity (Wildman–Crippen MR) is 109 cm³/mol. The summed E-state index contributed by atoms with van der Waals surface area (Å²) in [5, 5.41) is 9.79. The molecule has 1 fully saturated rings. The molecule has 7 heteroatoms. The summed E-state index contributed by atoms with van der Waals surface area (Å²) >= 11 is 1.68. The van der Waals surface area contributed by atoms with Gasteiger partial charge in [0.2, 0.25) is 0 Å². The first kappa shape index (κ1) is 19.1. The van der Waals surface area contributed by atoms with Crippen LogP contribution >= 0.6 is 11.8 Å². The molecule has 0 amide bonds. The highest BCUT2D eigenvalue weighted by molar-refractivity contribution is 7.99. The van der Waals surface area contributed by atoms with Crippen molar-refractivity contribution in [3.8, 4) is 5.69 Å². The molecule has 0 bridgehead atoms. The van der Waals surface area contributed by atoms with E-state index in [1.54, 1.807) is 23.9 Å². The third-order valence-electron chi connectivity index (χ3n) is 4.97. The van der Waals surface area contributed by atoms with Gasteiger partial charge < -0.3 is 0 Å². The normalized spacial score (nSPS) is 15.0. The Kier molecular flexibility index (Phi) is 6.34. The number of aryl methyl sites for hydroxylation is 1. The van der Waals surface area contributed by atoms with E-state index in [9.17, 15) is 4.39 Å². The average molecular weight is 398 g/mol. The lowest BCUT2D eigenvalue weighted by atomic mass is 10.1. The Morgan fingerprint density at radius 1 is 0.929 bits per heavy atom. The maximum atomic E-state index is 13.4. The highest BCUT2D eigenvalue weighted by atomic mass is 32.2. The average Bonchev–Trinajstić information content (AvgIpc) is 3.12. The van der Waals surface area contributed by atoms with Crippen molar-refractivity contribution >= 4 is 11.8 Å². The van der Waals surface area contributed by atoms with Crippen LogP contribution < -0.4 is 0 Å². The number of piperidine rings is 1. The van der Waals surface area contributed by atoms with Crippen molar-refractivity contribution in [2.24, 2.45) is 0 Å². The number of nitrogens with zero attached hydrogens (tertiary/aromatic N) is 5. The molecule has 1 saturated heterocycles. The molecule has 3 aromatic rings. The Balaban J connectivity index is 1.53. The molecule has 5 nitrogen and oxygen atoms in total. The molecule has 0 aliphatic carbocycles. The minimum absolute atomic E-state index is 0.235.